The van der Waals surface area contributed by atoms with E-state index in [9.17, 15) is 20.4 Å². The first-order valence-corrected chi connectivity index (χ1v) is 49.4. The molecule has 9 nitrogen and oxygen atoms in total. The summed E-state index contributed by atoms with van der Waals surface area (Å²) in [6.07, 6.45) is 4.96. The maximum atomic E-state index is 12.6. The largest absolute Gasteiger partial charge is 0.493 e. The zero-order valence-electron chi connectivity index (χ0n) is 79.8. The number of rotatable bonds is 17. The van der Waals surface area contributed by atoms with E-state index in [1.165, 1.54) is 89.0 Å². The van der Waals surface area contributed by atoms with Gasteiger partial charge in [0.05, 0.1) is 46.4 Å². The van der Waals surface area contributed by atoms with Crippen LogP contribution in [-0.2, 0) is 47.6 Å². The molecule has 4 N–H and O–H groups in total. The van der Waals surface area contributed by atoms with Crippen LogP contribution in [0.25, 0.3) is 5.76 Å². The summed E-state index contributed by atoms with van der Waals surface area (Å²) in [6.45, 7) is 5.17. The van der Waals surface area contributed by atoms with E-state index < -0.39 is 17.1 Å². The molecule has 142 heavy (non-hydrogen) atoms. The van der Waals surface area contributed by atoms with Crippen molar-refractivity contribution < 1.29 is 24.6 Å². The van der Waals surface area contributed by atoms with Crippen LogP contribution in [-0.4, -0.2) is 40.4 Å². The fourth-order valence-electron chi connectivity index (χ4n) is 23.9. The Morgan fingerprint density at radius 2 is 0.676 bits per heavy atom. The minimum atomic E-state index is -0.501. The van der Waals surface area contributed by atoms with Crippen LogP contribution in [0.1, 0.15) is 198 Å². The van der Waals surface area contributed by atoms with Gasteiger partial charge in [0.15, 0.2) is 11.9 Å². The highest BCUT2D eigenvalue weighted by molar-refractivity contribution is 6.08. The lowest BCUT2D eigenvalue weighted by atomic mass is 9.66. The van der Waals surface area contributed by atoms with Gasteiger partial charge in [-0.25, -0.2) is 4.99 Å². The average molecular weight is 1850 g/mol. The number of para-hydroxylation sites is 1. The molecule has 0 aromatic heterocycles. The number of hydrogen-bond donors (Lipinski definition) is 3. The third kappa shape index (κ3) is 16.4. The second-order valence-corrected chi connectivity index (χ2v) is 37.4. The first kappa shape index (κ1) is 93.2. The number of epoxide rings is 1. The summed E-state index contributed by atoms with van der Waals surface area (Å²) >= 11 is 0. The molecule has 3 atom stereocenters. The molecule has 0 bridgehead atoms. The van der Waals surface area contributed by atoms with Gasteiger partial charge in [0.2, 0.25) is 0 Å². The van der Waals surface area contributed by atoms with Crippen LogP contribution in [0.5, 0.6) is 0 Å². The Labute approximate surface area is 833 Å². The molecule has 1 saturated heterocycles. The van der Waals surface area contributed by atoms with E-state index in [1.54, 1.807) is 0 Å². The Balaban J connectivity index is 0.000000105. The van der Waals surface area contributed by atoms with Gasteiger partial charge in [-0.15, -0.1) is 0 Å². The molecule has 0 radical (unpaired) electrons. The van der Waals surface area contributed by atoms with Gasteiger partial charge in [0.25, 0.3) is 0 Å². The number of nitrogens with zero attached hydrogens (tertiary/aromatic N) is 3. The number of aliphatic imine (C=N–C) groups is 1. The molecule has 0 saturated carbocycles. The molecular weight excluding hydrogens is 1730 g/mol. The van der Waals surface area contributed by atoms with Gasteiger partial charge in [-0.3, -0.25) is 4.79 Å². The molecule has 694 valence electrons. The fourth-order valence-corrected chi connectivity index (χ4v) is 23.9. The quantitative estimate of drug-likeness (QED) is 0.0466. The van der Waals surface area contributed by atoms with Crippen LogP contribution in [0.2, 0.25) is 0 Å². The third-order valence-corrected chi connectivity index (χ3v) is 30.0. The first-order chi connectivity index (χ1) is 70.0. The van der Waals surface area contributed by atoms with Gasteiger partial charge in [-0.2, -0.15) is 5.26 Å². The van der Waals surface area contributed by atoms with Gasteiger partial charge < -0.3 is 25.5 Å². The van der Waals surface area contributed by atoms with E-state index in [1.807, 2.05) is 176 Å². The molecule has 9 heteroatoms. The molecule has 0 amide bonds. The van der Waals surface area contributed by atoms with E-state index >= 15 is 0 Å². The van der Waals surface area contributed by atoms with Crippen molar-refractivity contribution in [3.63, 3.8) is 0 Å². The zero-order chi connectivity index (χ0) is 97.0. The van der Waals surface area contributed by atoms with Crippen molar-refractivity contribution in [1.82, 2.24) is 0 Å². The molecule has 18 aromatic carbocycles. The van der Waals surface area contributed by atoms with Crippen molar-refractivity contribution in [2.75, 3.05) is 6.61 Å². The summed E-state index contributed by atoms with van der Waals surface area (Å²) in [6, 6.07) is 179. The van der Waals surface area contributed by atoms with Crippen molar-refractivity contribution in [3.05, 3.63) is 643 Å². The number of ketones is 1. The van der Waals surface area contributed by atoms with Crippen molar-refractivity contribution in [2.24, 2.45) is 15.9 Å². The number of oxime groups is 1. The van der Waals surface area contributed by atoms with Gasteiger partial charge in [-0.05, 0) is 137 Å². The number of aliphatic hydroxyl groups is 1. The fraction of sp³-hybridized carbons (Fsp3) is 0.143. The maximum absolute atomic E-state index is 12.6. The molecule has 2 aliphatic heterocycles. The number of ether oxygens (including phenoxy) is 2. The average Bonchev–Trinajstić information content (AvgIpc) is 1.50. The molecule has 25 rings (SSSR count). The molecular formula is C133H112N4O5. The molecule has 1 fully saturated rings. The van der Waals surface area contributed by atoms with Crippen molar-refractivity contribution in [2.45, 2.75) is 109 Å². The van der Waals surface area contributed by atoms with E-state index in [2.05, 4.69) is 364 Å². The number of fused-ring (bicyclic) bond motifs is 7. The Morgan fingerprint density at radius 1 is 0.352 bits per heavy atom. The minimum absolute atomic E-state index is 0.225. The topological polar surface area (TPSA) is 154 Å². The molecule has 1 spiro atoms. The van der Waals surface area contributed by atoms with E-state index in [0.717, 1.165) is 94.0 Å². The lowest BCUT2D eigenvalue weighted by Crippen LogP contribution is -2.40. The van der Waals surface area contributed by atoms with Gasteiger partial charge >= 0.3 is 0 Å². The summed E-state index contributed by atoms with van der Waals surface area (Å²) in [5.74, 6) is 1.95. The van der Waals surface area contributed by atoms with Gasteiger partial charge in [0, 0.05) is 52.3 Å². The molecule has 18 aromatic rings. The van der Waals surface area contributed by atoms with Crippen molar-refractivity contribution in [1.29, 1.82) is 5.26 Å². The lowest BCUT2D eigenvalue weighted by Gasteiger charge is -2.35. The highest BCUT2D eigenvalue weighted by Crippen LogP contribution is 2.66. The highest BCUT2D eigenvalue weighted by atomic mass is 16.6. The van der Waals surface area contributed by atoms with E-state index in [0.29, 0.717) is 25.1 Å². The number of nitriles is 1. The number of hydrogen-bond acceptors (Lipinski definition) is 9. The van der Waals surface area contributed by atoms with Crippen LogP contribution in [0.4, 0.5) is 5.69 Å². The standard InChI is InChI=1S/C27H28O.C23H17NO.C21H17NO.C21H18O.C21H16O.C20H16N2/c1-3-13-25-26(28-20-4-2)23-18-11-12-19-24(23)27(25,21-14-7-5-8-15-21)22-16-9-6-10-17-22;24-15-21-23(25-21)16-22(17-9-3-1-4-10-17,18-11-5-2-6-12-18)19-13-7-8-14-20(19)23;23-22-20-15-21(16-9-3-1-4-10-16,17-11-5-2-6-12-17)19-14-8-7-13-18(19)20;2*22-20-15-21(16-9-3-1-4-10-16,17-11-5-2-6-12-17)19-14-8-7-13-18(19)20;21-19-20(15-9-3-1-4-10-15,16-11-5-2-6-12-16)17-13-7-8-14-18(17)22-19/h5-12,14-19H,3-4,13,20H2,1-2H3;1-14,21H,16H2;1-14,23H,15H2;1-14,20,22H,15H2;1-14H,15H2;1-14H,(H2,21,22)/b;;22-20+;;;. The van der Waals surface area contributed by atoms with Crippen LogP contribution in [0.15, 0.2) is 525 Å². The zero-order valence-corrected chi connectivity index (χ0v) is 79.8. The summed E-state index contributed by atoms with van der Waals surface area (Å²) in [5.41, 5.74) is 34.4. The number of allylic oxidation sites excluding steroid dienone is 1. The van der Waals surface area contributed by atoms with Gasteiger partial charge in [0.1, 0.15) is 22.6 Å². The minimum Gasteiger partial charge on any atom is -0.493 e. The molecule has 2 heterocycles. The third-order valence-electron chi connectivity index (χ3n) is 30.0. The molecule has 7 aliphatic rings. The van der Waals surface area contributed by atoms with Crippen molar-refractivity contribution in [3.8, 4) is 6.07 Å². The highest BCUT2D eigenvalue weighted by Gasteiger charge is 2.68. The second kappa shape index (κ2) is 40.9. The number of carbonyl (C=O) groups excluding carboxylic acids is 1. The summed E-state index contributed by atoms with van der Waals surface area (Å²) < 4.78 is 12.4. The SMILES string of the molecule is CCCOC1=C(CCC)C(c2ccccc2)(c2ccccc2)c2ccccc21.N#CC1OC12CC(c1ccccc1)(c1ccccc1)c1ccccc12.NC1=Nc2ccccc2C1(c1ccccc1)c1ccccc1.O/N=C1\CC(c2ccccc2)(c2ccccc2)c2ccccc21.O=C1CC(c2ccccc2)(c2ccccc2)c2ccccc21.OC1CC(c2ccccc2)(c2ccccc2)c2ccccc21. The first-order valence-electron chi connectivity index (χ1n) is 49.4. The number of aliphatic hydroxyl groups excluding tert-OH is 1. The second-order valence-electron chi connectivity index (χ2n) is 37.4. The van der Waals surface area contributed by atoms with E-state index in [-0.39, 0.29) is 39.0 Å². The number of carbonyl (C=O) groups is 1. The predicted octanol–water partition coefficient (Wildman–Crippen LogP) is 29.2. The Morgan fingerprint density at radius 3 is 1.08 bits per heavy atom. The van der Waals surface area contributed by atoms with Crippen LogP contribution in [0.3, 0.4) is 0 Å². The van der Waals surface area contributed by atoms with Gasteiger partial charge in [-0.1, -0.05) is 529 Å². The van der Waals surface area contributed by atoms with Crippen LogP contribution in [0, 0.1) is 11.3 Å². The smallest absolute Gasteiger partial charge is 0.178 e. The monoisotopic (exact) mass is 1840 g/mol. The van der Waals surface area contributed by atoms with E-state index in [4.69, 9.17) is 15.2 Å². The van der Waals surface area contributed by atoms with Crippen molar-refractivity contribution >= 4 is 28.8 Å². The van der Waals surface area contributed by atoms with Crippen LogP contribution < -0.4 is 5.73 Å². The summed E-state index contributed by atoms with van der Waals surface area (Å²) in [5, 5.41) is 33.3. The number of benzene rings is 18. The Hall–Kier alpha value is -16.5. The molecule has 5 aliphatic carbocycles. The normalized spacial score (nSPS) is 17.8. The Kier molecular flexibility index (Phi) is 26.8. The summed E-state index contributed by atoms with van der Waals surface area (Å²) in [4.78, 5) is 17.3. The maximum Gasteiger partial charge on any atom is 0.178 e. The summed E-state index contributed by atoms with van der Waals surface area (Å²) in [7, 11) is 0. The Bertz CT molecular complexity index is 7320. The predicted molar refractivity (Wildman–Crippen MR) is 573 cm³/mol. The number of nitrogens with two attached hydrogens (primary N) is 1. The molecule has 3 unspecified atom stereocenters. The lowest BCUT2D eigenvalue weighted by molar-refractivity contribution is 0.0984. The number of amidine groups is 1. The van der Waals surface area contributed by atoms with Crippen LogP contribution >= 0.6 is 0 Å². The number of Topliss-reactive ketones (excluding diaryl/α,β-unsaturated/α-hetero) is 1.